The molecule has 2 aliphatic rings. The molecule has 0 bridgehead atoms. The Labute approximate surface area is 234 Å². The second-order valence-corrected chi connectivity index (χ2v) is 12.0. The lowest BCUT2D eigenvalue weighted by molar-refractivity contribution is -0.192. The lowest BCUT2D eigenvalue weighted by Gasteiger charge is -2.33. The van der Waals surface area contributed by atoms with E-state index in [1.165, 1.54) is 12.1 Å². The summed E-state index contributed by atoms with van der Waals surface area (Å²) in [5.41, 5.74) is 2.66. The Balaban J connectivity index is 0.000000559. The Morgan fingerprint density at radius 2 is 1.82 bits per heavy atom. The molecule has 0 unspecified atom stereocenters. The van der Waals surface area contributed by atoms with Gasteiger partial charge >= 0.3 is 12.1 Å². The summed E-state index contributed by atoms with van der Waals surface area (Å²) in [6, 6.07) is 8.71. The lowest BCUT2D eigenvalue weighted by atomic mass is 10.0. The van der Waals surface area contributed by atoms with Gasteiger partial charge in [0.1, 0.15) is 17.7 Å². The van der Waals surface area contributed by atoms with Gasteiger partial charge in [-0.25, -0.2) is 22.3 Å². The van der Waals surface area contributed by atoms with Crippen LogP contribution in [0.25, 0.3) is 0 Å². The number of halogens is 5. The Kier molecular flexibility index (Phi) is 10.1. The van der Waals surface area contributed by atoms with E-state index in [1.54, 1.807) is 0 Å². The number of likely N-dealkylation sites (tertiary alicyclic amines) is 1. The number of aryl methyl sites for hydroxylation is 1. The second kappa shape index (κ2) is 12.7. The molecule has 2 aromatic rings. The minimum absolute atomic E-state index is 0.115. The van der Waals surface area contributed by atoms with Crippen molar-refractivity contribution in [3.63, 3.8) is 0 Å². The maximum atomic E-state index is 14.8. The Hall–Kier alpha value is -2.90. The summed E-state index contributed by atoms with van der Waals surface area (Å²) in [6.45, 7) is 4.34. The summed E-state index contributed by atoms with van der Waals surface area (Å²) >= 11 is 6.41. The summed E-state index contributed by atoms with van der Waals surface area (Å²) < 4.78 is 77.4. The van der Waals surface area contributed by atoms with Gasteiger partial charge < -0.3 is 9.84 Å². The molecule has 1 atom stereocenters. The predicted molar refractivity (Wildman–Crippen MR) is 139 cm³/mol. The van der Waals surface area contributed by atoms with Crippen LogP contribution in [0.5, 0.6) is 5.75 Å². The first kappa shape index (κ1) is 31.6. The number of nitrogens with zero attached hydrogens (tertiary/aromatic N) is 1. The van der Waals surface area contributed by atoms with Crippen molar-refractivity contribution in [2.45, 2.75) is 57.3 Å². The highest BCUT2D eigenvalue weighted by Crippen LogP contribution is 2.45. The summed E-state index contributed by atoms with van der Waals surface area (Å²) in [7, 11) is -3.79. The SMILES string of the molecule is Cc1ccc(CN2CCC[C@@H](Oc3cc(F)c(C(=O)NS(C)(=O)=O)cc3C3CC3)C2)c(Cl)c1.O=C(O)C(F)(F)F. The number of alkyl halides is 3. The van der Waals surface area contributed by atoms with Crippen LogP contribution in [-0.2, 0) is 21.4 Å². The highest BCUT2D eigenvalue weighted by Gasteiger charge is 2.38. The van der Waals surface area contributed by atoms with Gasteiger partial charge in [0.05, 0.1) is 11.8 Å². The number of ether oxygens (including phenoxy) is 1. The number of carbonyl (C=O) groups excluding carboxylic acids is 1. The molecular formula is C26H29ClF4N2O6S. The minimum Gasteiger partial charge on any atom is -0.489 e. The van der Waals surface area contributed by atoms with Crippen molar-refractivity contribution in [2.75, 3.05) is 19.3 Å². The quantitative estimate of drug-likeness (QED) is 0.424. The summed E-state index contributed by atoms with van der Waals surface area (Å²) in [4.78, 5) is 23.4. The van der Waals surface area contributed by atoms with Gasteiger partial charge in [0.2, 0.25) is 10.0 Å². The third-order valence-corrected chi connectivity index (χ3v) is 7.15. The van der Waals surface area contributed by atoms with E-state index in [0.29, 0.717) is 18.8 Å². The maximum absolute atomic E-state index is 14.8. The Morgan fingerprint density at radius 1 is 1.18 bits per heavy atom. The second-order valence-electron chi connectivity index (χ2n) is 9.86. The number of rotatable bonds is 7. The van der Waals surface area contributed by atoms with Crippen molar-refractivity contribution in [2.24, 2.45) is 0 Å². The van der Waals surface area contributed by atoms with Gasteiger partial charge in [0.15, 0.2) is 0 Å². The van der Waals surface area contributed by atoms with E-state index in [1.807, 2.05) is 29.8 Å². The normalized spacial score (nSPS) is 17.9. The van der Waals surface area contributed by atoms with Crippen molar-refractivity contribution in [3.05, 3.63) is 63.4 Å². The molecule has 220 valence electrons. The molecule has 4 rings (SSSR count). The molecule has 1 aliphatic heterocycles. The molecule has 1 aliphatic carbocycles. The zero-order valence-electron chi connectivity index (χ0n) is 21.7. The fourth-order valence-electron chi connectivity index (χ4n) is 4.24. The number of aliphatic carboxylic acids is 1. The van der Waals surface area contributed by atoms with E-state index in [4.69, 9.17) is 26.2 Å². The van der Waals surface area contributed by atoms with E-state index >= 15 is 0 Å². The first-order valence-electron chi connectivity index (χ1n) is 12.3. The number of carboxylic acids is 1. The molecule has 1 amide bonds. The van der Waals surface area contributed by atoms with Gasteiger partial charge in [0, 0.05) is 24.2 Å². The third kappa shape index (κ3) is 9.34. The van der Waals surface area contributed by atoms with Crippen LogP contribution in [0.15, 0.2) is 30.3 Å². The van der Waals surface area contributed by atoms with Gasteiger partial charge in [-0.1, -0.05) is 23.7 Å². The molecule has 1 saturated heterocycles. The fraction of sp³-hybridized carbons (Fsp3) is 0.462. The van der Waals surface area contributed by atoms with Crippen molar-refractivity contribution in [1.29, 1.82) is 0 Å². The van der Waals surface area contributed by atoms with Gasteiger partial charge in [-0.3, -0.25) is 9.69 Å². The number of amides is 1. The topological polar surface area (TPSA) is 113 Å². The largest absolute Gasteiger partial charge is 0.490 e. The van der Waals surface area contributed by atoms with E-state index < -0.39 is 33.9 Å². The van der Waals surface area contributed by atoms with Gasteiger partial charge in [-0.15, -0.1) is 0 Å². The van der Waals surface area contributed by atoms with Crippen molar-refractivity contribution in [3.8, 4) is 5.75 Å². The van der Waals surface area contributed by atoms with E-state index in [2.05, 4.69) is 4.90 Å². The van der Waals surface area contributed by atoms with Gasteiger partial charge in [-0.05, 0) is 73.9 Å². The highest BCUT2D eigenvalue weighted by molar-refractivity contribution is 7.89. The Bertz CT molecular complexity index is 1370. The molecule has 1 heterocycles. The molecule has 1 saturated carbocycles. The number of piperidine rings is 1. The molecule has 2 aromatic carbocycles. The molecule has 40 heavy (non-hydrogen) atoms. The van der Waals surface area contributed by atoms with Crippen LogP contribution in [0, 0.1) is 12.7 Å². The minimum atomic E-state index is -5.08. The monoisotopic (exact) mass is 608 g/mol. The molecule has 2 fully saturated rings. The average molecular weight is 609 g/mol. The van der Waals surface area contributed by atoms with Crippen molar-refractivity contribution < 1.29 is 45.4 Å². The number of hydrogen-bond acceptors (Lipinski definition) is 6. The van der Waals surface area contributed by atoms with Crippen molar-refractivity contribution in [1.82, 2.24) is 9.62 Å². The zero-order chi connectivity index (χ0) is 29.8. The third-order valence-electron chi connectivity index (χ3n) is 6.24. The molecule has 8 nitrogen and oxygen atoms in total. The molecule has 14 heteroatoms. The molecule has 0 aromatic heterocycles. The maximum Gasteiger partial charge on any atom is 0.490 e. The predicted octanol–water partition coefficient (Wildman–Crippen LogP) is 5.03. The number of carboxylic acid groups (broad SMARTS) is 1. The van der Waals surface area contributed by atoms with Crippen LogP contribution in [0.2, 0.25) is 5.02 Å². The van der Waals surface area contributed by atoms with Gasteiger partial charge in [0.25, 0.3) is 5.91 Å². The molecule has 0 radical (unpaired) electrons. The number of benzene rings is 2. The summed E-state index contributed by atoms with van der Waals surface area (Å²) in [5.74, 6) is -3.90. The first-order valence-corrected chi connectivity index (χ1v) is 14.6. The lowest BCUT2D eigenvalue weighted by Crippen LogP contribution is -2.40. The zero-order valence-corrected chi connectivity index (χ0v) is 23.3. The van der Waals surface area contributed by atoms with Crippen LogP contribution in [0.1, 0.15) is 58.6 Å². The Morgan fingerprint density at radius 3 is 2.38 bits per heavy atom. The number of sulfonamides is 1. The average Bonchev–Trinajstić information content (AvgIpc) is 3.65. The number of hydrogen-bond donors (Lipinski definition) is 2. The summed E-state index contributed by atoms with van der Waals surface area (Å²) in [5, 5.41) is 7.87. The fourth-order valence-corrected chi connectivity index (χ4v) is 4.98. The molecule has 2 N–H and O–H groups in total. The van der Waals surface area contributed by atoms with Crippen LogP contribution in [-0.4, -0.2) is 61.9 Å². The highest BCUT2D eigenvalue weighted by atomic mass is 35.5. The van der Waals surface area contributed by atoms with Crippen LogP contribution >= 0.6 is 11.6 Å². The smallest absolute Gasteiger partial charge is 0.489 e. The molecule has 0 spiro atoms. The summed E-state index contributed by atoms with van der Waals surface area (Å²) in [6.07, 6.45) is -0.684. The van der Waals surface area contributed by atoms with Gasteiger partial charge in [-0.2, -0.15) is 13.2 Å². The number of nitrogens with one attached hydrogen (secondary N) is 1. The van der Waals surface area contributed by atoms with Crippen LogP contribution in [0.4, 0.5) is 17.6 Å². The number of carbonyl (C=O) groups is 2. The van der Waals surface area contributed by atoms with E-state index in [-0.39, 0.29) is 17.6 Å². The van der Waals surface area contributed by atoms with Crippen LogP contribution in [0.3, 0.4) is 0 Å². The standard InChI is InChI=1S/C24H28ClFN2O4S.C2HF3O2/c1-15-5-6-17(21(25)10-15)13-28-9-3-4-18(14-28)32-23-12-22(26)20(11-19(23)16-7-8-16)24(29)27-33(2,30)31;3-2(4,5)1(6)7/h5-6,10-12,16,18H,3-4,7-9,13-14H2,1-2H3,(H,27,29);(H,6,7)/t18-;/m1./s1. The molecular weight excluding hydrogens is 580 g/mol. The van der Waals surface area contributed by atoms with Crippen LogP contribution < -0.4 is 9.46 Å². The van der Waals surface area contributed by atoms with E-state index in [9.17, 15) is 30.8 Å². The first-order chi connectivity index (χ1) is 18.5. The van der Waals surface area contributed by atoms with E-state index in [0.717, 1.165) is 60.2 Å². The van der Waals surface area contributed by atoms with Crippen molar-refractivity contribution >= 4 is 33.5 Å².